The van der Waals surface area contributed by atoms with Crippen LogP contribution in [0.3, 0.4) is 0 Å². The minimum atomic E-state index is -3.00. The van der Waals surface area contributed by atoms with E-state index in [1.807, 2.05) is 0 Å². The number of benzene rings is 1. The summed E-state index contributed by atoms with van der Waals surface area (Å²) in [7, 11) is -3.00. The molecule has 1 aliphatic rings. The Labute approximate surface area is 112 Å². The number of amides is 1. The predicted octanol–water partition coefficient (Wildman–Crippen LogP) is 0.357. The zero-order chi connectivity index (χ0) is 14.0. The Kier molecular flexibility index (Phi) is 3.66. The zero-order valence-electron chi connectivity index (χ0n) is 10.4. The van der Waals surface area contributed by atoms with Crippen molar-refractivity contribution in [2.45, 2.75) is 18.1 Å². The SMILES string of the molecule is NC(=O)c1cc(N)ccc1NCC1CCCS1(=O)=O. The maximum atomic E-state index is 11.7. The van der Waals surface area contributed by atoms with Gasteiger partial charge in [0.2, 0.25) is 0 Å². The van der Waals surface area contributed by atoms with Crippen LogP contribution in [0.1, 0.15) is 23.2 Å². The van der Waals surface area contributed by atoms with Crippen molar-refractivity contribution in [2.24, 2.45) is 5.73 Å². The van der Waals surface area contributed by atoms with Crippen molar-refractivity contribution in [1.82, 2.24) is 0 Å². The molecular formula is C12H17N3O3S. The Bertz CT molecular complexity index is 598. The van der Waals surface area contributed by atoms with E-state index in [1.54, 1.807) is 12.1 Å². The average Bonchev–Trinajstić information content (AvgIpc) is 2.66. The summed E-state index contributed by atoms with van der Waals surface area (Å²) in [4.78, 5) is 11.3. The summed E-state index contributed by atoms with van der Waals surface area (Å²) in [5.74, 6) is -0.354. The normalized spacial score (nSPS) is 21.2. The molecule has 1 aliphatic heterocycles. The molecule has 1 unspecified atom stereocenters. The van der Waals surface area contributed by atoms with Gasteiger partial charge in [0.1, 0.15) is 0 Å². The van der Waals surface area contributed by atoms with Crippen molar-refractivity contribution >= 4 is 27.1 Å². The first-order valence-electron chi connectivity index (χ1n) is 6.05. The molecule has 1 saturated heterocycles. The van der Waals surface area contributed by atoms with Gasteiger partial charge in [-0.1, -0.05) is 0 Å². The zero-order valence-corrected chi connectivity index (χ0v) is 11.2. The van der Waals surface area contributed by atoms with Crippen LogP contribution in [0.25, 0.3) is 0 Å². The average molecular weight is 283 g/mol. The fourth-order valence-corrected chi connectivity index (χ4v) is 4.00. The molecule has 0 aromatic heterocycles. The number of primary amides is 1. The highest BCUT2D eigenvalue weighted by Gasteiger charge is 2.31. The third-order valence-corrected chi connectivity index (χ3v) is 5.57. The molecule has 19 heavy (non-hydrogen) atoms. The summed E-state index contributed by atoms with van der Waals surface area (Å²) in [6.07, 6.45) is 1.34. The molecule has 2 rings (SSSR count). The number of nitrogen functional groups attached to an aromatic ring is 1. The summed E-state index contributed by atoms with van der Waals surface area (Å²) in [5, 5.41) is 2.59. The van der Waals surface area contributed by atoms with E-state index in [4.69, 9.17) is 11.5 Å². The van der Waals surface area contributed by atoms with E-state index < -0.39 is 21.0 Å². The summed E-state index contributed by atoms with van der Waals surface area (Å²) >= 11 is 0. The van der Waals surface area contributed by atoms with Gasteiger partial charge in [0.05, 0.1) is 16.6 Å². The molecule has 0 aliphatic carbocycles. The molecule has 0 saturated carbocycles. The minimum absolute atomic E-state index is 0.240. The number of nitrogens with one attached hydrogen (secondary N) is 1. The molecule has 104 valence electrons. The highest BCUT2D eigenvalue weighted by atomic mass is 32.2. The molecule has 7 heteroatoms. The molecule has 1 heterocycles. The van der Waals surface area contributed by atoms with Crippen molar-refractivity contribution in [2.75, 3.05) is 23.3 Å². The van der Waals surface area contributed by atoms with Gasteiger partial charge in [-0.3, -0.25) is 4.79 Å². The first-order chi connectivity index (χ1) is 8.90. The monoisotopic (exact) mass is 283 g/mol. The first-order valence-corrected chi connectivity index (χ1v) is 7.76. The Morgan fingerprint density at radius 1 is 1.42 bits per heavy atom. The van der Waals surface area contributed by atoms with Crippen LogP contribution in [0.4, 0.5) is 11.4 Å². The molecule has 6 nitrogen and oxygen atoms in total. The Morgan fingerprint density at radius 2 is 2.16 bits per heavy atom. The van der Waals surface area contributed by atoms with Gasteiger partial charge in [0, 0.05) is 17.9 Å². The number of carbonyl (C=O) groups is 1. The van der Waals surface area contributed by atoms with Gasteiger partial charge in [-0.25, -0.2) is 8.42 Å². The summed E-state index contributed by atoms with van der Waals surface area (Å²) < 4.78 is 23.4. The molecule has 1 amide bonds. The van der Waals surface area contributed by atoms with E-state index in [-0.39, 0.29) is 17.9 Å². The van der Waals surface area contributed by atoms with E-state index in [1.165, 1.54) is 6.07 Å². The fraction of sp³-hybridized carbons (Fsp3) is 0.417. The minimum Gasteiger partial charge on any atom is -0.399 e. The van der Waals surface area contributed by atoms with E-state index in [0.29, 0.717) is 24.2 Å². The summed E-state index contributed by atoms with van der Waals surface area (Å²) in [6, 6.07) is 4.75. The summed E-state index contributed by atoms with van der Waals surface area (Å²) in [6.45, 7) is 0.284. The van der Waals surface area contributed by atoms with Crippen LogP contribution in [0.15, 0.2) is 18.2 Å². The van der Waals surface area contributed by atoms with Gasteiger partial charge >= 0.3 is 0 Å². The number of hydrogen-bond donors (Lipinski definition) is 3. The lowest BCUT2D eigenvalue weighted by atomic mass is 10.1. The Balaban J connectivity index is 2.14. The highest BCUT2D eigenvalue weighted by Crippen LogP contribution is 2.23. The molecular weight excluding hydrogens is 266 g/mol. The predicted molar refractivity (Wildman–Crippen MR) is 74.7 cm³/mol. The van der Waals surface area contributed by atoms with E-state index >= 15 is 0 Å². The lowest BCUT2D eigenvalue weighted by Gasteiger charge is -2.14. The second kappa shape index (κ2) is 5.08. The molecule has 1 aromatic carbocycles. The van der Waals surface area contributed by atoms with Crippen LogP contribution in [0.2, 0.25) is 0 Å². The quantitative estimate of drug-likeness (QED) is 0.690. The lowest BCUT2D eigenvalue weighted by Crippen LogP contribution is -2.26. The summed E-state index contributed by atoms with van der Waals surface area (Å²) in [5.41, 5.74) is 12.1. The highest BCUT2D eigenvalue weighted by molar-refractivity contribution is 7.92. The number of rotatable bonds is 4. The Morgan fingerprint density at radius 3 is 2.74 bits per heavy atom. The third-order valence-electron chi connectivity index (χ3n) is 3.29. The van der Waals surface area contributed by atoms with Crippen molar-refractivity contribution in [3.05, 3.63) is 23.8 Å². The maximum Gasteiger partial charge on any atom is 0.250 e. The topological polar surface area (TPSA) is 115 Å². The van der Waals surface area contributed by atoms with Gasteiger partial charge in [-0.15, -0.1) is 0 Å². The number of nitrogens with two attached hydrogens (primary N) is 2. The van der Waals surface area contributed by atoms with Crippen LogP contribution in [-0.4, -0.2) is 31.9 Å². The second-order valence-electron chi connectivity index (χ2n) is 4.68. The largest absolute Gasteiger partial charge is 0.399 e. The number of sulfone groups is 1. The van der Waals surface area contributed by atoms with Gasteiger partial charge in [-0.05, 0) is 31.0 Å². The molecule has 0 radical (unpaired) electrons. The molecule has 5 N–H and O–H groups in total. The van der Waals surface area contributed by atoms with E-state index in [0.717, 1.165) is 0 Å². The lowest BCUT2D eigenvalue weighted by molar-refractivity contribution is 0.100. The first kappa shape index (κ1) is 13.7. The Hall–Kier alpha value is -1.76. The van der Waals surface area contributed by atoms with Crippen molar-refractivity contribution in [1.29, 1.82) is 0 Å². The second-order valence-corrected chi connectivity index (χ2v) is 7.08. The van der Waals surface area contributed by atoms with E-state index in [2.05, 4.69) is 5.32 Å². The van der Waals surface area contributed by atoms with Crippen LogP contribution in [-0.2, 0) is 9.84 Å². The number of anilines is 2. The molecule has 0 bridgehead atoms. The van der Waals surface area contributed by atoms with Crippen LogP contribution in [0, 0.1) is 0 Å². The van der Waals surface area contributed by atoms with Crippen molar-refractivity contribution in [3.8, 4) is 0 Å². The van der Waals surface area contributed by atoms with Crippen LogP contribution in [0.5, 0.6) is 0 Å². The molecule has 0 spiro atoms. The maximum absolute atomic E-state index is 11.7. The fourth-order valence-electron chi connectivity index (χ4n) is 2.23. The molecule has 1 fully saturated rings. The third kappa shape index (κ3) is 2.98. The van der Waals surface area contributed by atoms with Gasteiger partial charge in [-0.2, -0.15) is 0 Å². The van der Waals surface area contributed by atoms with Gasteiger partial charge < -0.3 is 16.8 Å². The standard InChI is InChI=1S/C12H17N3O3S/c13-8-3-4-11(10(6-8)12(14)16)15-7-9-2-1-5-19(9,17)18/h3-4,6,9,15H,1-2,5,7,13H2,(H2,14,16). The van der Waals surface area contributed by atoms with Gasteiger partial charge in [0.15, 0.2) is 9.84 Å². The van der Waals surface area contributed by atoms with Crippen molar-refractivity contribution < 1.29 is 13.2 Å². The van der Waals surface area contributed by atoms with Crippen molar-refractivity contribution in [3.63, 3.8) is 0 Å². The van der Waals surface area contributed by atoms with Crippen LogP contribution >= 0.6 is 0 Å². The number of carbonyl (C=O) groups excluding carboxylic acids is 1. The molecule has 1 atom stereocenters. The smallest absolute Gasteiger partial charge is 0.250 e. The molecule has 1 aromatic rings. The van der Waals surface area contributed by atoms with E-state index in [9.17, 15) is 13.2 Å². The number of hydrogen-bond acceptors (Lipinski definition) is 5. The van der Waals surface area contributed by atoms with Gasteiger partial charge in [0.25, 0.3) is 5.91 Å². The van der Waals surface area contributed by atoms with Crippen LogP contribution < -0.4 is 16.8 Å².